The second-order valence-electron chi connectivity index (χ2n) is 5.76. The largest absolute Gasteiger partial charge is 0.399 e. The van der Waals surface area contributed by atoms with Crippen LogP contribution < -0.4 is 5.73 Å². The Bertz CT molecular complexity index is 793. The lowest BCUT2D eigenvalue weighted by Crippen LogP contribution is -2.33. The third-order valence-corrected chi connectivity index (χ3v) is 3.79. The van der Waals surface area contributed by atoms with Gasteiger partial charge in [-0.15, -0.1) is 10.1 Å². The van der Waals surface area contributed by atoms with E-state index in [0.717, 1.165) is 18.2 Å². The Morgan fingerprint density at radius 1 is 0.704 bits per heavy atom. The normalized spacial score (nSPS) is 16.9. The second kappa shape index (κ2) is 6.86. The first kappa shape index (κ1) is 18.0. The van der Waals surface area contributed by atoms with Crippen molar-refractivity contribution in [3.63, 3.8) is 0 Å². The Morgan fingerprint density at radius 2 is 1.04 bits per heavy atom. The number of carbonyl (C=O) groups excluding carboxylic acids is 6. The third-order valence-electron chi connectivity index (χ3n) is 3.79. The average molecular weight is 375 g/mol. The van der Waals surface area contributed by atoms with Crippen LogP contribution in [0.1, 0.15) is 46.4 Å². The number of anilines is 1. The van der Waals surface area contributed by atoms with Crippen molar-refractivity contribution in [2.24, 2.45) is 0 Å². The number of nitrogens with zero attached hydrogens (tertiary/aromatic N) is 2. The van der Waals surface area contributed by atoms with Gasteiger partial charge in [0.1, 0.15) is 0 Å². The van der Waals surface area contributed by atoms with Crippen molar-refractivity contribution >= 4 is 41.3 Å². The number of nitrogens with two attached hydrogens (primary N) is 1. The average Bonchev–Trinajstić information content (AvgIpc) is 3.11. The Morgan fingerprint density at radius 3 is 1.37 bits per heavy atom. The number of benzene rings is 1. The monoisotopic (exact) mass is 375 g/mol. The summed E-state index contributed by atoms with van der Waals surface area (Å²) in [5.74, 6) is -4.83. The summed E-state index contributed by atoms with van der Waals surface area (Å²) < 4.78 is 0. The van der Waals surface area contributed by atoms with Gasteiger partial charge in [-0.1, -0.05) is 0 Å². The van der Waals surface area contributed by atoms with Gasteiger partial charge in [-0.2, -0.15) is 0 Å². The molecular weight excluding hydrogens is 362 g/mol. The molecule has 2 heterocycles. The van der Waals surface area contributed by atoms with E-state index in [0.29, 0.717) is 10.1 Å². The molecule has 2 N–H and O–H groups in total. The van der Waals surface area contributed by atoms with E-state index < -0.39 is 35.6 Å². The number of nitrogen functional groups attached to an aromatic ring is 1. The van der Waals surface area contributed by atoms with Crippen LogP contribution in [0.3, 0.4) is 0 Å². The molecule has 2 saturated heterocycles. The molecule has 1 aromatic rings. The predicted octanol–water partition coefficient (Wildman–Crippen LogP) is -0.290. The first-order valence-electron chi connectivity index (χ1n) is 7.83. The molecule has 4 amide bonds. The Labute approximate surface area is 151 Å². The van der Waals surface area contributed by atoms with E-state index in [1.165, 1.54) is 0 Å². The number of carbonyl (C=O) groups is 6. The molecule has 140 valence electrons. The maximum Gasteiger partial charge on any atom is 0.364 e. The van der Waals surface area contributed by atoms with Crippen LogP contribution in [0.5, 0.6) is 0 Å². The number of hydroxylamine groups is 4. The molecule has 0 spiro atoms. The van der Waals surface area contributed by atoms with Gasteiger partial charge >= 0.3 is 11.9 Å². The van der Waals surface area contributed by atoms with E-state index in [9.17, 15) is 28.8 Å². The van der Waals surface area contributed by atoms with Gasteiger partial charge in [0.15, 0.2) is 0 Å². The summed E-state index contributed by atoms with van der Waals surface area (Å²) >= 11 is 0. The van der Waals surface area contributed by atoms with Gasteiger partial charge in [0.2, 0.25) is 0 Å². The van der Waals surface area contributed by atoms with Crippen molar-refractivity contribution < 1.29 is 38.4 Å². The van der Waals surface area contributed by atoms with Gasteiger partial charge in [-0.05, 0) is 18.2 Å². The van der Waals surface area contributed by atoms with Crippen LogP contribution in [0, 0.1) is 0 Å². The summed E-state index contributed by atoms with van der Waals surface area (Å²) in [6.07, 6.45) is -0.284. The fourth-order valence-corrected chi connectivity index (χ4v) is 2.47. The lowest BCUT2D eigenvalue weighted by molar-refractivity contribution is -0.173. The molecular formula is C16H13N3O8. The molecule has 0 bridgehead atoms. The summed E-state index contributed by atoms with van der Waals surface area (Å²) in [6.45, 7) is 0. The van der Waals surface area contributed by atoms with Gasteiger partial charge in [-0.25, -0.2) is 9.59 Å². The minimum atomic E-state index is -1.09. The molecule has 11 nitrogen and oxygen atoms in total. The summed E-state index contributed by atoms with van der Waals surface area (Å²) in [7, 11) is 0. The second-order valence-corrected chi connectivity index (χ2v) is 5.76. The van der Waals surface area contributed by atoms with Crippen LogP contribution >= 0.6 is 0 Å². The molecule has 1 aromatic carbocycles. The minimum Gasteiger partial charge on any atom is -0.399 e. The zero-order valence-electron chi connectivity index (χ0n) is 13.8. The quantitative estimate of drug-likeness (QED) is 0.552. The fourth-order valence-electron chi connectivity index (χ4n) is 2.47. The lowest BCUT2D eigenvalue weighted by Gasteiger charge is -2.14. The number of hydrogen-bond donors (Lipinski definition) is 1. The van der Waals surface area contributed by atoms with Crippen LogP contribution in [0.15, 0.2) is 18.2 Å². The Hall–Kier alpha value is -3.76. The molecule has 0 unspecified atom stereocenters. The van der Waals surface area contributed by atoms with Gasteiger partial charge < -0.3 is 15.4 Å². The zero-order valence-corrected chi connectivity index (χ0v) is 13.8. The molecule has 2 aliphatic rings. The van der Waals surface area contributed by atoms with E-state index in [4.69, 9.17) is 15.4 Å². The first-order chi connectivity index (χ1) is 12.8. The minimum absolute atomic E-state index is 0.0189. The topological polar surface area (TPSA) is 153 Å². The van der Waals surface area contributed by atoms with Crippen molar-refractivity contribution in [2.45, 2.75) is 25.7 Å². The van der Waals surface area contributed by atoms with Gasteiger partial charge in [0, 0.05) is 31.4 Å². The number of rotatable bonds is 4. The van der Waals surface area contributed by atoms with Crippen LogP contribution in [0.25, 0.3) is 0 Å². The van der Waals surface area contributed by atoms with Gasteiger partial charge in [0.05, 0.1) is 11.1 Å². The highest BCUT2D eigenvalue weighted by Crippen LogP contribution is 2.19. The molecule has 0 aliphatic carbocycles. The smallest absolute Gasteiger partial charge is 0.364 e. The van der Waals surface area contributed by atoms with E-state index in [2.05, 4.69) is 0 Å². The van der Waals surface area contributed by atoms with Crippen molar-refractivity contribution in [1.82, 2.24) is 10.1 Å². The summed E-state index contributed by atoms with van der Waals surface area (Å²) in [5.41, 5.74) is 5.17. The molecule has 0 saturated carbocycles. The molecule has 0 aromatic heterocycles. The van der Waals surface area contributed by atoms with Crippen LogP contribution in [-0.4, -0.2) is 45.7 Å². The predicted molar refractivity (Wildman–Crippen MR) is 83.9 cm³/mol. The summed E-state index contributed by atoms with van der Waals surface area (Å²) in [6, 6.07) is 3.36. The third kappa shape index (κ3) is 3.61. The van der Waals surface area contributed by atoms with Crippen molar-refractivity contribution in [3.8, 4) is 0 Å². The van der Waals surface area contributed by atoms with Crippen molar-refractivity contribution in [3.05, 3.63) is 29.3 Å². The maximum absolute atomic E-state index is 12.2. The van der Waals surface area contributed by atoms with Crippen LogP contribution in [0.2, 0.25) is 0 Å². The molecule has 3 rings (SSSR count). The Balaban J connectivity index is 1.77. The van der Waals surface area contributed by atoms with Crippen molar-refractivity contribution in [2.75, 3.05) is 5.73 Å². The molecule has 0 radical (unpaired) electrons. The van der Waals surface area contributed by atoms with E-state index >= 15 is 0 Å². The highest BCUT2D eigenvalue weighted by Gasteiger charge is 2.35. The highest BCUT2D eigenvalue weighted by atomic mass is 16.7. The van der Waals surface area contributed by atoms with E-state index in [1.807, 2.05) is 0 Å². The van der Waals surface area contributed by atoms with Gasteiger partial charge in [0.25, 0.3) is 23.6 Å². The molecule has 27 heavy (non-hydrogen) atoms. The standard InChI is InChI=1S/C16H13N3O8/c17-10-6-8(15(24)26-18-11(20)1-2-12(18)21)5-9(7-10)16(25)27-19-13(22)3-4-14(19)23/h5-7H,1-4,17H2. The van der Waals surface area contributed by atoms with E-state index in [-0.39, 0.29) is 42.5 Å². The highest BCUT2D eigenvalue weighted by molar-refractivity contribution is 6.04. The first-order valence-corrected chi connectivity index (χ1v) is 7.83. The van der Waals surface area contributed by atoms with E-state index in [1.54, 1.807) is 0 Å². The lowest BCUT2D eigenvalue weighted by atomic mass is 10.1. The number of hydrogen-bond acceptors (Lipinski definition) is 9. The fraction of sp³-hybridized carbons (Fsp3) is 0.250. The zero-order chi connectivity index (χ0) is 19.7. The maximum atomic E-state index is 12.2. The number of imide groups is 2. The molecule has 2 aliphatic heterocycles. The van der Waals surface area contributed by atoms with Crippen LogP contribution in [0.4, 0.5) is 5.69 Å². The summed E-state index contributed by atoms with van der Waals surface area (Å²) in [4.78, 5) is 79.9. The SMILES string of the molecule is Nc1cc(C(=O)ON2C(=O)CCC2=O)cc(C(=O)ON2C(=O)CCC2=O)c1. The number of amides is 4. The molecule has 0 atom stereocenters. The summed E-state index contributed by atoms with van der Waals surface area (Å²) in [5, 5.41) is 0.705. The molecule has 2 fully saturated rings. The van der Waals surface area contributed by atoms with Gasteiger partial charge in [-0.3, -0.25) is 19.2 Å². The van der Waals surface area contributed by atoms with Crippen molar-refractivity contribution in [1.29, 1.82) is 0 Å². The molecule has 11 heteroatoms. The van der Waals surface area contributed by atoms with Crippen LogP contribution in [-0.2, 0) is 28.9 Å². The Kier molecular flexibility index (Phi) is 4.59.